The molecule has 1 saturated heterocycles. The predicted molar refractivity (Wildman–Crippen MR) is 114 cm³/mol. The van der Waals surface area contributed by atoms with Gasteiger partial charge in [-0.2, -0.15) is 5.10 Å². The van der Waals surface area contributed by atoms with Crippen LogP contribution in [0.1, 0.15) is 29.5 Å². The molecule has 0 aromatic carbocycles. The Morgan fingerprint density at radius 3 is 2.42 bits per heavy atom. The number of furan rings is 2. The summed E-state index contributed by atoms with van der Waals surface area (Å²) in [5.74, 6) is 1.41. The Morgan fingerprint density at radius 1 is 0.968 bits per heavy atom. The number of piperazine rings is 1. The van der Waals surface area contributed by atoms with Crippen molar-refractivity contribution in [3.05, 3.63) is 78.4 Å². The van der Waals surface area contributed by atoms with Gasteiger partial charge in [-0.15, -0.1) is 0 Å². The zero-order chi connectivity index (χ0) is 21.0. The highest BCUT2D eigenvalue weighted by atomic mass is 16.3. The van der Waals surface area contributed by atoms with Crippen molar-refractivity contribution in [3.8, 4) is 0 Å². The number of amides is 1. The van der Waals surface area contributed by atoms with Gasteiger partial charge in [0.25, 0.3) is 5.91 Å². The molecule has 0 radical (unpaired) electrons. The van der Waals surface area contributed by atoms with E-state index in [0.717, 1.165) is 44.2 Å². The summed E-state index contributed by atoms with van der Waals surface area (Å²) in [4.78, 5) is 21.9. The second-order valence-electron chi connectivity index (χ2n) is 7.91. The molecular formula is C23H25N5O3. The fourth-order valence-electron chi connectivity index (χ4n) is 4.15. The summed E-state index contributed by atoms with van der Waals surface area (Å²) in [6.45, 7) is 4.81. The Morgan fingerprint density at radius 2 is 1.71 bits per heavy atom. The van der Waals surface area contributed by atoms with Crippen LogP contribution in [0.15, 0.2) is 75.3 Å². The first-order valence-corrected chi connectivity index (χ1v) is 10.6. The first kappa shape index (κ1) is 19.7. The van der Waals surface area contributed by atoms with Crippen LogP contribution in [0.5, 0.6) is 0 Å². The van der Waals surface area contributed by atoms with Crippen LogP contribution in [-0.2, 0) is 11.3 Å². The topological polar surface area (TPSA) is 78.3 Å². The number of rotatable bonds is 6. The summed E-state index contributed by atoms with van der Waals surface area (Å²) in [6, 6.07) is 11.3. The lowest BCUT2D eigenvalue weighted by Crippen LogP contribution is -2.49. The van der Waals surface area contributed by atoms with Crippen LogP contribution in [0.3, 0.4) is 0 Å². The molecule has 1 fully saturated rings. The molecule has 0 aliphatic carbocycles. The van der Waals surface area contributed by atoms with Crippen molar-refractivity contribution in [3.63, 3.8) is 0 Å². The molecular weight excluding hydrogens is 394 g/mol. The zero-order valence-corrected chi connectivity index (χ0v) is 17.3. The highest BCUT2D eigenvalue weighted by Gasteiger charge is 2.36. The maximum atomic E-state index is 13.2. The van der Waals surface area contributed by atoms with Crippen molar-refractivity contribution in [1.82, 2.24) is 19.8 Å². The molecule has 0 saturated carbocycles. The van der Waals surface area contributed by atoms with Crippen LogP contribution < -0.4 is 0 Å². The normalized spacial score (nSPS) is 20.2. The van der Waals surface area contributed by atoms with Gasteiger partial charge in [0.05, 0.1) is 19.1 Å². The van der Waals surface area contributed by atoms with Gasteiger partial charge in [-0.25, -0.2) is 5.01 Å². The third kappa shape index (κ3) is 4.45. The van der Waals surface area contributed by atoms with Gasteiger partial charge < -0.3 is 8.83 Å². The van der Waals surface area contributed by atoms with Gasteiger partial charge >= 0.3 is 0 Å². The van der Waals surface area contributed by atoms with Gasteiger partial charge in [0.2, 0.25) is 0 Å². The molecule has 160 valence electrons. The Labute approximate surface area is 180 Å². The maximum Gasteiger partial charge on any atom is 0.257 e. The van der Waals surface area contributed by atoms with Crippen molar-refractivity contribution in [2.75, 3.05) is 32.7 Å². The summed E-state index contributed by atoms with van der Waals surface area (Å²) in [5, 5.41) is 6.18. The van der Waals surface area contributed by atoms with E-state index in [1.807, 2.05) is 48.8 Å². The quantitative estimate of drug-likeness (QED) is 0.611. The van der Waals surface area contributed by atoms with E-state index in [0.29, 0.717) is 18.7 Å². The molecule has 2 aliphatic rings. The number of carbonyl (C=O) groups is 1. The molecule has 5 heterocycles. The summed E-state index contributed by atoms with van der Waals surface area (Å²) < 4.78 is 11.1. The van der Waals surface area contributed by atoms with E-state index in [1.54, 1.807) is 17.5 Å². The average molecular weight is 419 g/mol. The number of hydrogen-bond acceptors (Lipinski definition) is 7. The van der Waals surface area contributed by atoms with Gasteiger partial charge in [0, 0.05) is 51.5 Å². The van der Waals surface area contributed by atoms with Crippen molar-refractivity contribution in [2.24, 2.45) is 5.10 Å². The molecule has 8 heteroatoms. The number of hydrogen-bond donors (Lipinski definition) is 0. The summed E-state index contributed by atoms with van der Waals surface area (Å²) in [6.07, 6.45) is 7.48. The molecule has 3 aromatic heterocycles. The molecule has 0 bridgehead atoms. The van der Waals surface area contributed by atoms with Gasteiger partial charge in [0.1, 0.15) is 23.3 Å². The standard InChI is InChI=1S/C23H25N5O3/c29-23(17-27-11-9-26(10-12-27)16-18-5-7-24-8-6-18)28-20(22-4-2-14-31-22)15-19(25-28)21-3-1-13-30-21/h1-8,13-14,20H,9-12,15-17H2. The van der Waals surface area contributed by atoms with Crippen molar-refractivity contribution in [1.29, 1.82) is 0 Å². The van der Waals surface area contributed by atoms with E-state index in [9.17, 15) is 4.79 Å². The Bertz CT molecular complexity index is 1010. The molecule has 31 heavy (non-hydrogen) atoms. The molecule has 1 amide bonds. The fourth-order valence-corrected chi connectivity index (χ4v) is 4.15. The van der Waals surface area contributed by atoms with E-state index in [-0.39, 0.29) is 11.9 Å². The molecule has 2 aliphatic heterocycles. The number of carbonyl (C=O) groups excluding carboxylic acids is 1. The van der Waals surface area contributed by atoms with Crippen LogP contribution in [0.25, 0.3) is 0 Å². The second-order valence-corrected chi connectivity index (χ2v) is 7.91. The minimum Gasteiger partial charge on any atom is -0.467 e. The first-order valence-electron chi connectivity index (χ1n) is 10.6. The highest BCUT2D eigenvalue weighted by molar-refractivity contribution is 6.01. The molecule has 8 nitrogen and oxygen atoms in total. The zero-order valence-electron chi connectivity index (χ0n) is 17.3. The van der Waals surface area contributed by atoms with Crippen molar-refractivity contribution >= 4 is 11.6 Å². The van der Waals surface area contributed by atoms with Gasteiger partial charge in [-0.1, -0.05) is 0 Å². The molecule has 5 rings (SSSR count). The van der Waals surface area contributed by atoms with Crippen molar-refractivity contribution in [2.45, 2.75) is 19.0 Å². The second kappa shape index (κ2) is 8.87. The monoisotopic (exact) mass is 419 g/mol. The largest absolute Gasteiger partial charge is 0.467 e. The molecule has 1 atom stereocenters. The predicted octanol–water partition coefficient (Wildman–Crippen LogP) is 2.76. The lowest BCUT2D eigenvalue weighted by molar-refractivity contribution is -0.135. The minimum absolute atomic E-state index is 0.0226. The lowest BCUT2D eigenvalue weighted by Gasteiger charge is -2.35. The number of aromatic nitrogens is 1. The van der Waals surface area contributed by atoms with Crippen LogP contribution in [0, 0.1) is 0 Å². The Kier molecular flexibility index (Phi) is 5.64. The minimum atomic E-state index is -0.240. The highest BCUT2D eigenvalue weighted by Crippen LogP contribution is 2.33. The van der Waals surface area contributed by atoms with Gasteiger partial charge in [-0.3, -0.25) is 19.6 Å². The summed E-state index contributed by atoms with van der Waals surface area (Å²) in [5.41, 5.74) is 2.03. The summed E-state index contributed by atoms with van der Waals surface area (Å²) >= 11 is 0. The first-order chi connectivity index (χ1) is 15.3. The average Bonchev–Trinajstić information content (AvgIpc) is 3.56. The maximum absolute atomic E-state index is 13.2. The Hall–Kier alpha value is -3.23. The van der Waals surface area contributed by atoms with E-state index < -0.39 is 0 Å². The van der Waals surface area contributed by atoms with E-state index in [4.69, 9.17) is 8.83 Å². The Balaban J connectivity index is 1.21. The number of pyridine rings is 1. The summed E-state index contributed by atoms with van der Waals surface area (Å²) in [7, 11) is 0. The molecule has 0 spiro atoms. The fraction of sp³-hybridized carbons (Fsp3) is 0.348. The smallest absolute Gasteiger partial charge is 0.257 e. The molecule has 0 N–H and O–H groups in total. The number of nitrogens with zero attached hydrogens (tertiary/aromatic N) is 5. The van der Waals surface area contributed by atoms with Gasteiger partial charge in [0.15, 0.2) is 0 Å². The molecule has 1 unspecified atom stereocenters. The van der Waals surface area contributed by atoms with E-state index >= 15 is 0 Å². The SMILES string of the molecule is O=C(CN1CCN(Cc2ccncc2)CC1)N1N=C(c2ccco2)CC1c1ccco1. The van der Waals surface area contributed by atoms with Crippen LogP contribution in [0.2, 0.25) is 0 Å². The van der Waals surface area contributed by atoms with Gasteiger partial charge in [-0.05, 0) is 42.0 Å². The lowest BCUT2D eigenvalue weighted by atomic mass is 10.1. The number of hydrazone groups is 1. The van der Waals surface area contributed by atoms with Crippen molar-refractivity contribution < 1.29 is 13.6 Å². The molecule has 3 aromatic rings. The van der Waals surface area contributed by atoms with E-state index in [2.05, 4.69) is 19.9 Å². The van der Waals surface area contributed by atoms with Crippen LogP contribution >= 0.6 is 0 Å². The van der Waals surface area contributed by atoms with Crippen LogP contribution in [-0.4, -0.2) is 64.1 Å². The van der Waals surface area contributed by atoms with E-state index in [1.165, 1.54) is 5.56 Å². The van der Waals surface area contributed by atoms with Crippen LogP contribution in [0.4, 0.5) is 0 Å². The third-order valence-electron chi connectivity index (χ3n) is 5.82. The third-order valence-corrected chi connectivity index (χ3v) is 5.82.